The fourth-order valence-corrected chi connectivity index (χ4v) is 8.49. The molecule has 2 aliphatic heterocycles. The molecular weight excluding hydrogens is 538 g/mol. The van der Waals surface area contributed by atoms with Gasteiger partial charge in [0.25, 0.3) is 0 Å². The molecular formula is C31H58ClN7O2. The second-order valence-electron chi connectivity index (χ2n) is 14.8. The summed E-state index contributed by atoms with van der Waals surface area (Å²) in [4.78, 5) is 19.5. The third-order valence-electron chi connectivity index (χ3n) is 11.8. The number of likely N-dealkylation sites (tertiary alicyclic amines) is 2. The first-order chi connectivity index (χ1) is 18.6. The van der Waals surface area contributed by atoms with Gasteiger partial charge in [-0.1, -0.05) is 13.8 Å². The van der Waals surface area contributed by atoms with Crippen molar-refractivity contribution < 1.29 is 9.47 Å². The highest BCUT2D eigenvalue weighted by Gasteiger charge is 2.65. The van der Waals surface area contributed by atoms with E-state index >= 15 is 0 Å². The molecule has 6 unspecified atom stereocenters. The number of aromatic nitrogens is 3. The number of likely N-dealkylation sites (N-methyl/N-ethyl adjacent to an activating group) is 2. The summed E-state index contributed by atoms with van der Waals surface area (Å²) in [6.07, 6.45) is 3.03. The van der Waals surface area contributed by atoms with E-state index in [1.807, 2.05) is 0 Å². The molecule has 0 aromatic carbocycles. The summed E-state index contributed by atoms with van der Waals surface area (Å²) in [6.45, 7) is 22.0. The van der Waals surface area contributed by atoms with Crippen LogP contribution in [0.5, 0.6) is 0 Å². The Labute approximate surface area is 254 Å². The normalized spacial score (nSPS) is 34.8. The number of nitrogens with two attached hydrogens (primary N) is 2. The average Bonchev–Trinajstić information content (AvgIpc) is 2.89. The van der Waals surface area contributed by atoms with Gasteiger partial charge in [0.05, 0.1) is 23.3 Å². The predicted octanol–water partition coefficient (Wildman–Crippen LogP) is 4.70. The SMILES string of the molecule is CCC(OC)C1CC(C)(C)N(C)C(C)(C)C1(N)c1nc(Cl)nc(C2(N)C(C(CC)OC)CC(C)(C)N(C)C2(C)C)n1. The quantitative estimate of drug-likeness (QED) is 0.441. The predicted molar refractivity (Wildman–Crippen MR) is 167 cm³/mol. The van der Waals surface area contributed by atoms with Crippen molar-refractivity contribution in [2.75, 3.05) is 28.3 Å². The van der Waals surface area contributed by atoms with Crippen molar-refractivity contribution in [1.82, 2.24) is 24.8 Å². The van der Waals surface area contributed by atoms with Crippen LogP contribution in [0.3, 0.4) is 0 Å². The minimum atomic E-state index is -1.02. The van der Waals surface area contributed by atoms with Gasteiger partial charge in [0.15, 0.2) is 11.6 Å². The third-order valence-corrected chi connectivity index (χ3v) is 12.0. The van der Waals surface area contributed by atoms with E-state index < -0.39 is 22.2 Å². The molecule has 0 radical (unpaired) electrons. The number of ether oxygens (including phenoxy) is 2. The van der Waals surface area contributed by atoms with Crippen LogP contribution in [0.2, 0.25) is 5.28 Å². The van der Waals surface area contributed by atoms with E-state index in [1.165, 1.54) is 0 Å². The summed E-state index contributed by atoms with van der Waals surface area (Å²) in [5.41, 5.74) is 11.9. The average molecular weight is 596 g/mol. The smallest absolute Gasteiger partial charge is 0.226 e. The standard InChI is InChI=1S/C31H58ClN7O2/c1-15-21(40-13)19-17-26(3,4)38(11)28(7,8)30(19,33)23-35-24(37-25(32)36-23)31(34)20(22(16-2)41-14)18-27(5,6)39(12)29(31,9)10/h19-22H,15-18,33-34H2,1-14H3. The van der Waals surface area contributed by atoms with Crippen LogP contribution in [0.25, 0.3) is 0 Å². The van der Waals surface area contributed by atoms with E-state index in [2.05, 4.69) is 93.1 Å². The molecule has 236 valence electrons. The maximum Gasteiger partial charge on any atom is 0.226 e. The number of hydrogen-bond donors (Lipinski definition) is 2. The molecule has 3 heterocycles. The lowest BCUT2D eigenvalue weighted by atomic mass is 9.58. The van der Waals surface area contributed by atoms with Gasteiger partial charge in [0.1, 0.15) is 0 Å². The topological polar surface area (TPSA) is 116 Å². The first kappa shape index (κ1) is 34.5. The van der Waals surface area contributed by atoms with E-state index in [1.54, 1.807) is 14.2 Å². The van der Waals surface area contributed by atoms with Gasteiger partial charge in [-0.15, -0.1) is 0 Å². The second kappa shape index (κ2) is 11.2. The fraction of sp³-hybridized carbons (Fsp3) is 0.903. The Morgan fingerprint density at radius 3 is 1.32 bits per heavy atom. The molecule has 0 spiro atoms. The molecule has 0 aliphatic carbocycles. The molecule has 41 heavy (non-hydrogen) atoms. The van der Waals surface area contributed by atoms with Gasteiger partial charge in [-0.05, 0) is 107 Å². The Hall–Kier alpha value is -0.940. The van der Waals surface area contributed by atoms with Gasteiger partial charge in [-0.2, -0.15) is 0 Å². The highest BCUT2D eigenvalue weighted by atomic mass is 35.5. The Balaban J connectivity index is 2.37. The molecule has 0 saturated carbocycles. The number of rotatable bonds is 8. The highest BCUT2D eigenvalue weighted by Crippen LogP contribution is 2.54. The molecule has 10 heteroatoms. The molecule has 3 rings (SSSR count). The highest BCUT2D eigenvalue weighted by molar-refractivity contribution is 6.28. The molecule has 9 nitrogen and oxygen atoms in total. The van der Waals surface area contributed by atoms with Crippen LogP contribution in [-0.2, 0) is 20.6 Å². The van der Waals surface area contributed by atoms with E-state index in [4.69, 9.17) is 47.5 Å². The van der Waals surface area contributed by atoms with Gasteiger partial charge in [0.2, 0.25) is 5.28 Å². The Bertz CT molecular complexity index is 1010. The summed E-state index contributed by atoms with van der Waals surface area (Å²) in [6, 6.07) is 0. The molecule has 2 aliphatic rings. The zero-order chi connectivity index (χ0) is 31.6. The van der Waals surface area contributed by atoms with Crippen molar-refractivity contribution in [3.05, 3.63) is 16.9 Å². The van der Waals surface area contributed by atoms with Crippen molar-refractivity contribution in [2.45, 2.75) is 140 Å². The van der Waals surface area contributed by atoms with Crippen molar-refractivity contribution >= 4 is 11.6 Å². The lowest BCUT2D eigenvalue weighted by Gasteiger charge is -2.64. The van der Waals surface area contributed by atoms with Crippen LogP contribution in [0.15, 0.2) is 0 Å². The van der Waals surface area contributed by atoms with Gasteiger partial charge >= 0.3 is 0 Å². The zero-order valence-electron chi connectivity index (χ0n) is 28.2. The molecule has 6 atom stereocenters. The van der Waals surface area contributed by atoms with Crippen LogP contribution in [0.1, 0.15) is 107 Å². The van der Waals surface area contributed by atoms with Gasteiger partial charge < -0.3 is 20.9 Å². The minimum Gasteiger partial charge on any atom is -0.381 e. The monoisotopic (exact) mass is 595 g/mol. The Morgan fingerprint density at radius 1 is 0.732 bits per heavy atom. The van der Waals surface area contributed by atoms with Crippen LogP contribution in [0.4, 0.5) is 0 Å². The minimum absolute atomic E-state index is 0.0853. The third kappa shape index (κ3) is 5.05. The van der Waals surface area contributed by atoms with Crippen molar-refractivity contribution in [2.24, 2.45) is 23.3 Å². The lowest BCUT2D eigenvalue weighted by molar-refractivity contribution is -0.141. The van der Waals surface area contributed by atoms with Gasteiger partial charge in [0, 0.05) is 48.2 Å². The first-order valence-corrected chi connectivity index (χ1v) is 15.6. The number of nitrogens with zero attached hydrogens (tertiary/aromatic N) is 5. The summed E-state index contributed by atoms with van der Waals surface area (Å²) in [5.74, 6) is 0.742. The van der Waals surface area contributed by atoms with Crippen LogP contribution in [-0.4, -0.2) is 87.4 Å². The number of halogens is 1. The summed E-state index contributed by atoms with van der Waals surface area (Å²) >= 11 is 6.81. The summed E-state index contributed by atoms with van der Waals surface area (Å²) in [7, 11) is 7.77. The molecule has 2 fully saturated rings. The van der Waals surface area contributed by atoms with Crippen LogP contribution in [0, 0.1) is 11.8 Å². The largest absolute Gasteiger partial charge is 0.381 e. The summed E-state index contributed by atoms with van der Waals surface area (Å²) < 4.78 is 12.1. The van der Waals surface area contributed by atoms with E-state index in [9.17, 15) is 0 Å². The molecule has 0 bridgehead atoms. The van der Waals surface area contributed by atoms with E-state index in [-0.39, 0.29) is 40.4 Å². The Morgan fingerprint density at radius 2 is 1.05 bits per heavy atom. The molecule has 0 amide bonds. The molecule has 1 aromatic rings. The van der Waals surface area contributed by atoms with E-state index in [0.717, 1.165) is 25.7 Å². The second-order valence-corrected chi connectivity index (χ2v) is 15.2. The zero-order valence-corrected chi connectivity index (χ0v) is 29.0. The van der Waals surface area contributed by atoms with Crippen molar-refractivity contribution in [3.8, 4) is 0 Å². The maximum absolute atomic E-state index is 7.65. The van der Waals surface area contributed by atoms with Crippen molar-refractivity contribution in [3.63, 3.8) is 0 Å². The number of hydrogen-bond acceptors (Lipinski definition) is 9. The number of methoxy groups -OCH3 is 2. The fourth-order valence-electron chi connectivity index (χ4n) is 8.33. The van der Waals surface area contributed by atoms with Crippen LogP contribution >= 0.6 is 11.6 Å². The van der Waals surface area contributed by atoms with Gasteiger partial charge in [-0.25, -0.2) is 15.0 Å². The molecule has 4 N–H and O–H groups in total. The van der Waals surface area contributed by atoms with Crippen LogP contribution < -0.4 is 11.5 Å². The lowest BCUT2D eigenvalue weighted by Crippen LogP contribution is -2.77. The molecule has 1 aromatic heterocycles. The molecule has 2 saturated heterocycles. The van der Waals surface area contributed by atoms with Crippen molar-refractivity contribution in [1.29, 1.82) is 0 Å². The van der Waals surface area contributed by atoms with E-state index in [0.29, 0.717) is 11.6 Å². The maximum atomic E-state index is 7.65. The Kier molecular flexibility index (Phi) is 9.44. The summed E-state index contributed by atoms with van der Waals surface area (Å²) in [5, 5.41) is 0.0969. The first-order valence-electron chi connectivity index (χ1n) is 15.2. The van der Waals surface area contributed by atoms with Gasteiger partial charge in [-0.3, -0.25) is 9.80 Å². The number of piperidine rings is 2.